The minimum absolute atomic E-state index is 0.0422. The molecule has 2 aromatic rings. The van der Waals surface area contributed by atoms with Crippen LogP contribution in [0.4, 0.5) is 13.2 Å². The largest absolute Gasteiger partial charge is 0.483 e. The van der Waals surface area contributed by atoms with E-state index in [1.165, 1.54) is 12.1 Å². The van der Waals surface area contributed by atoms with Gasteiger partial charge in [-0.1, -0.05) is 6.07 Å². The minimum Gasteiger partial charge on any atom is -0.483 e. The van der Waals surface area contributed by atoms with Gasteiger partial charge in [0.15, 0.2) is 12.2 Å². The van der Waals surface area contributed by atoms with Gasteiger partial charge in [-0.25, -0.2) is 0 Å². The molecule has 1 N–H and O–H groups in total. The van der Waals surface area contributed by atoms with Crippen LogP contribution in [0.25, 0.3) is 11.0 Å². The molecular weight excluding hydrogens is 525 g/mol. The summed E-state index contributed by atoms with van der Waals surface area (Å²) in [6.07, 6.45) is -2.59. The molecule has 0 spiro atoms. The number of fused-ring (bicyclic) bond motifs is 1. The molecule has 11 nitrogen and oxygen atoms in total. The molecule has 2 saturated heterocycles. The Labute approximate surface area is 210 Å². The van der Waals surface area contributed by atoms with Gasteiger partial charge in [0.1, 0.15) is 11.1 Å². The van der Waals surface area contributed by atoms with E-state index < -0.39 is 34.6 Å². The molecule has 0 radical (unpaired) electrons. The van der Waals surface area contributed by atoms with Crippen LogP contribution in [0.15, 0.2) is 22.7 Å². The third-order valence-electron chi connectivity index (χ3n) is 6.57. The molecule has 206 valence electrons. The number of carbonyl (C=O) groups excluding carboxylic acids is 1. The highest BCUT2D eigenvalue weighted by Crippen LogP contribution is 2.37. The number of hydrogen-bond donors (Lipinski definition) is 1. The van der Waals surface area contributed by atoms with Gasteiger partial charge in [0.05, 0.1) is 12.0 Å². The van der Waals surface area contributed by atoms with Crippen molar-refractivity contribution in [2.24, 2.45) is 11.3 Å². The Morgan fingerprint density at radius 1 is 1.19 bits per heavy atom. The maximum atomic E-state index is 12.6. The van der Waals surface area contributed by atoms with Gasteiger partial charge in [-0.05, 0) is 62.0 Å². The summed E-state index contributed by atoms with van der Waals surface area (Å²) in [5.74, 6) is -0.893. The second-order valence-electron chi connectivity index (χ2n) is 9.24. The Balaban J connectivity index is 1.34. The van der Waals surface area contributed by atoms with Crippen LogP contribution in [0.3, 0.4) is 0 Å². The number of nitrogens with zero attached hydrogens (tertiary/aromatic N) is 2. The van der Waals surface area contributed by atoms with Crippen molar-refractivity contribution < 1.29 is 53.9 Å². The molecule has 0 saturated carbocycles. The summed E-state index contributed by atoms with van der Waals surface area (Å²) < 4.78 is 94.5. The number of ether oxygens (including phenoxy) is 3. The molecular formula is C22H27F3N2O9S. The van der Waals surface area contributed by atoms with Gasteiger partial charge in [0.2, 0.25) is 0 Å². The molecule has 0 atom stereocenters. The van der Waals surface area contributed by atoms with Crippen molar-refractivity contribution in [2.75, 3.05) is 46.1 Å². The van der Waals surface area contributed by atoms with Crippen LogP contribution in [0.1, 0.15) is 25.7 Å². The van der Waals surface area contributed by atoms with E-state index in [1.807, 2.05) is 4.90 Å². The zero-order valence-corrected chi connectivity index (χ0v) is 20.6. The van der Waals surface area contributed by atoms with E-state index in [-0.39, 0.29) is 67.7 Å². The molecule has 4 rings (SSSR count). The maximum absolute atomic E-state index is 12.6. The van der Waals surface area contributed by atoms with Crippen LogP contribution >= 0.6 is 0 Å². The lowest BCUT2D eigenvalue weighted by atomic mass is 9.79. The van der Waals surface area contributed by atoms with Crippen LogP contribution in [0, 0.1) is 11.3 Å². The fourth-order valence-electron chi connectivity index (χ4n) is 4.62. The van der Waals surface area contributed by atoms with Crippen molar-refractivity contribution in [1.29, 1.82) is 0 Å². The van der Waals surface area contributed by atoms with Crippen molar-refractivity contribution in [1.82, 2.24) is 10.1 Å². The van der Waals surface area contributed by atoms with Crippen LogP contribution in [-0.2, 0) is 24.1 Å². The highest BCUT2D eigenvalue weighted by atomic mass is 32.3. The quantitative estimate of drug-likeness (QED) is 0.460. The fraction of sp³-hybridized carbons (Fsp3) is 0.636. The molecule has 2 aliphatic rings. The number of rotatable bonds is 9. The molecule has 0 unspecified atom stereocenters. The summed E-state index contributed by atoms with van der Waals surface area (Å²) in [4.78, 5) is 14.6. The number of benzene rings is 1. The summed E-state index contributed by atoms with van der Waals surface area (Å²) in [5.41, 5.74) is -0.868. The molecule has 3 heterocycles. The van der Waals surface area contributed by atoms with Gasteiger partial charge in [-0.3, -0.25) is 9.35 Å². The molecule has 0 amide bonds. The SMILES string of the molecule is O=C(OS(=O)(=O)O)C1(CN2CCC(COc3noc4cccc(OCC(F)(F)F)c34)CC2)CCOCC1. The predicted molar refractivity (Wildman–Crippen MR) is 120 cm³/mol. The molecule has 1 aromatic heterocycles. The van der Waals surface area contributed by atoms with Gasteiger partial charge >= 0.3 is 22.5 Å². The van der Waals surface area contributed by atoms with E-state index in [1.54, 1.807) is 6.07 Å². The summed E-state index contributed by atoms with van der Waals surface area (Å²) in [5, 5.41) is 4.06. The zero-order chi connectivity index (χ0) is 26.7. The van der Waals surface area contributed by atoms with E-state index in [4.69, 9.17) is 23.3 Å². The second kappa shape index (κ2) is 11.0. The zero-order valence-electron chi connectivity index (χ0n) is 19.7. The highest BCUT2D eigenvalue weighted by molar-refractivity contribution is 7.81. The first-order chi connectivity index (χ1) is 17.4. The second-order valence-corrected chi connectivity index (χ2v) is 10.3. The normalized spacial score (nSPS) is 19.6. The number of hydrogen-bond acceptors (Lipinski definition) is 10. The smallest absolute Gasteiger partial charge is 0.448 e. The number of alkyl halides is 3. The monoisotopic (exact) mass is 552 g/mol. The number of piperidine rings is 1. The predicted octanol–water partition coefficient (Wildman–Crippen LogP) is 3.00. The summed E-state index contributed by atoms with van der Waals surface area (Å²) >= 11 is 0. The van der Waals surface area contributed by atoms with E-state index in [9.17, 15) is 26.4 Å². The third kappa shape index (κ3) is 7.24. The molecule has 0 bridgehead atoms. The lowest BCUT2D eigenvalue weighted by Crippen LogP contribution is -2.50. The number of halogens is 3. The average Bonchev–Trinajstić information content (AvgIpc) is 3.25. The lowest BCUT2D eigenvalue weighted by molar-refractivity contribution is -0.154. The van der Waals surface area contributed by atoms with Crippen LogP contribution in [0.5, 0.6) is 11.6 Å². The Morgan fingerprint density at radius 2 is 1.89 bits per heavy atom. The molecule has 1 aromatic carbocycles. The fourth-order valence-corrected chi connectivity index (χ4v) is 4.99. The first-order valence-electron chi connectivity index (χ1n) is 11.7. The Bertz CT molecular complexity index is 1190. The van der Waals surface area contributed by atoms with Gasteiger partial charge in [0, 0.05) is 19.8 Å². The molecule has 37 heavy (non-hydrogen) atoms. The third-order valence-corrected chi connectivity index (χ3v) is 6.94. The van der Waals surface area contributed by atoms with E-state index in [0.717, 1.165) is 0 Å². The molecule has 2 aliphatic heterocycles. The van der Waals surface area contributed by atoms with E-state index in [2.05, 4.69) is 9.34 Å². The number of aromatic nitrogens is 1. The molecule has 0 aliphatic carbocycles. The standard InChI is InChI=1S/C22H27F3N2O9S/c23-22(24,25)14-34-16-2-1-3-17-18(16)19(26-35-17)33-12-15-4-8-27(9-5-15)13-21(6-10-32-11-7-21)20(28)36-37(29,30)31/h1-3,15H,4-14H2,(H,29,30,31). The highest BCUT2D eigenvalue weighted by Gasteiger charge is 2.45. The van der Waals surface area contributed by atoms with Gasteiger partial charge in [0.25, 0.3) is 5.88 Å². The van der Waals surface area contributed by atoms with E-state index >= 15 is 0 Å². The van der Waals surface area contributed by atoms with Crippen LogP contribution in [-0.4, -0.2) is 81.2 Å². The summed E-state index contributed by atoms with van der Waals surface area (Å²) in [7, 11) is -4.92. The number of carbonyl (C=O) groups is 1. The topological polar surface area (TPSA) is 138 Å². The van der Waals surface area contributed by atoms with Crippen LogP contribution < -0.4 is 9.47 Å². The summed E-state index contributed by atoms with van der Waals surface area (Å²) in [6, 6.07) is 4.43. The van der Waals surface area contributed by atoms with Gasteiger partial charge in [-0.15, -0.1) is 0 Å². The summed E-state index contributed by atoms with van der Waals surface area (Å²) in [6.45, 7) is 0.764. The van der Waals surface area contributed by atoms with Gasteiger partial charge < -0.3 is 27.8 Å². The molecule has 15 heteroatoms. The van der Waals surface area contributed by atoms with Crippen molar-refractivity contribution in [2.45, 2.75) is 31.9 Å². The maximum Gasteiger partial charge on any atom is 0.448 e. The van der Waals surface area contributed by atoms with Crippen molar-refractivity contribution in [3.63, 3.8) is 0 Å². The average molecular weight is 553 g/mol. The number of likely N-dealkylation sites (tertiary alicyclic amines) is 1. The molecule has 2 fully saturated rings. The Kier molecular flexibility index (Phi) is 8.16. The lowest BCUT2D eigenvalue weighted by Gasteiger charge is -2.40. The Hall–Kier alpha value is -2.62. The van der Waals surface area contributed by atoms with Crippen LogP contribution in [0.2, 0.25) is 0 Å². The first kappa shape index (κ1) is 27.4. The van der Waals surface area contributed by atoms with E-state index in [0.29, 0.717) is 25.9 Å². The van der Waals surface area contributed by atoms with Crippen molar-refractivity contribution >= 4 is 27.3 Å². The van der Waals surface area contributed by atoms with Crippen molar-refractivity contribution in [3.8, 4) is 11.6 Å². The van der Waals surface area contributed by atoms with Crippen molar-refractivity contribution in [3.05, 3.63) is 18.2 Å². The first-order valence-corrected chi connectivity index (χ1v) is 13.0. The Morgan fingerprint density at radius 3 is 2.54 bits per heavy atom. The minimum atomic E-state index is -4.92. The van der Waals surface area contributed by atoms with Gasteiger partial charge in [-0.2, -0.15) is 21.6 Å².